The number of aromatic amines is 2. The molecule has 0 aliphatic rings. The van der Waals surface area contributed by atoms with Crippen molar-refractivity contribution in [2.45, 2.75) is 6.92 Å². The zero-order chi connectivity index (χ0) is 23.1. The molecule has 2 N–H and O–H groups in total. The molecule has 7 nitrogen and oxygen atoms in total. The van der Waals surface area contributed by atoms with Crippen LogP contribution < -0.4 is 16.0 Å². The third-order valence-electron chi connectivity index (χ3n) is 5.18. The van der Waals surface area contributed by atoms with Crippen molar-refractivity contribution in [3.05, 3.63) is 103 Å². The second-order valence-corrected chi connectivity index (χ2v) is 8.19. The average molecular weight is 479 g/mol. The van der Waals surface area contributed by atoms with Crippen molar-refractivity contribution in [3.8, 4) is 28.3 Å². The lowest BCUT2D eigenvalue weighted by atomic mass is 10.0. The molecule has 0 spiro atoms. The average Bonchev–Trinajstić information content (AvgIpc) is 3.22. The van der Waals surface area contributed by atoms with Crippen molar-refractivity contribution < 1.29 is 4.74 Å². The fraction of sp³-hybridized carbons (Fsp3) is 0.0417. The van der Waals surface area contributed by atoms with Crippen molar-refractivity contribution in [3.63, 3.8) is 0 Å². The molecule has 0 saturated carbocycles. The molecule has 0 fully saturated rings. The van der Waals surface area contributed by atoms with Crippen LogP contribution >= 0.6 is 23.2 Å². The Labute approximate surface area is 197 Å². The second kappa shape index (κ2) is 8.27. The van der Waals surface area contributed by atoms with E-state index in [1.54, 1.807) is 0 Å². The Bertz CT molecular complexity index is 1600. The monoisotopic (exact) mass is 478 g/mol. The Morgan fingerprint density at radius 3 is 2.42 bits per heavy atom. The predicted molar refractivity (Wildman–Crippen MR) is 129 cm³/mol. The molecule has 0 amide bonds. The summed E-state index contributed by atoms with van der Waals surface area (Å²) in [5.41, 5.74) is 2.28. The molecule has 2 heterocycles. The van der Waals surface area contributed by atoms with Gasteiger partial charge in [-0.3, -0.25) is 9.78 Å². The van der Waals surface area contributed by atoms with Crippen LogP contribution in [0.5, 0.6) is 11.5 Å². The van der Waals surface area contributed by atoms with E-state index in [4.69, 9.17) is 27.9 Å². The Morgan fingerprint density at radius 1 is 0.970 bits per heavy atom. The lowest BCUT2D eigenvalue weighted by Gasteiger charge is -2.12. The number of fused-ring (bicyclic) bond motifs is 1. The van der Waals surface area contributed by atoms with E-state index in [1.807, 2.05) is 54.7 Å². The van der Waals surface area contributed by atoms with E-state index in [9.17, 15) is 9.59 Å². The maximum Gasteiger partial charge on any atom is 0.349 e. The van der Waals surface area contributed by atoms with Crippen LogP contribution in [-0.4, -0.2) is 19.7 Å². The molecule has 5 rings (SSSR count). The maximum atomic E-state index is 12.2. The normalized spacial score (nSPS) is 11.1. The molecule has 2 aromatic heterocycles. The SMILES string of the molecule is Cc1nn(-c2cc(Cl)c(Oc3ccc4[nH]cc(-c5ccccc5)c4c3)c(Cl)c2)c(=O)[nH]c1=O. The van der Waals surface area contributed by atoms with Crippen LogP contribution in [0, 0.1) is 6.92 Å². The van der Waals surface area contributed by atoms with Crippen molar-refractivity contribution in [2.75, 3.05) is 0 Å². The van der Waals surface area contributed by atoms with E-state index >= 15 is 0 Å². The van der Waals surface area contributed by atoms with E-state index < -0.39 is 11.2 Å². The van der Waals surface area contributed by atoms with Gasteiger partial charge >= 0.3 is 5.69 Å². The number of hydrogen-bond acceptors (Lipinski definition) is 4. The molecule has 0 aliphatic heterocycles. The third kappa shape index (κ3) is 3.92. The highest BCUT2D eigenvalue weighted by molar-refractivity contribution is 6.37. The van der Waals surface area contributed by atoms with Gasteiger partial charge in [-0.1, -0.05) is 53.5 Å². The van der Waals surface area contributed by atoms with Crippen LogP contribution in [0.25, 0.3) is 27.7 Å². The molecule has 33 heavy (non-hydrogen) atoms. The zero-order valence-electron chi connectivity index (χ0n) is 17.2. The van der Waals surface area contributed by atoms with Gasteiger partial charge in [-0.25, -0.2) is 4.79 Å². The van der Waals surface area contributed by atoms with Gasteiger partial charge in [-0.15, -0.1) is 0 Å². The first kappa shape index (κ1) is 21.1. The largest absolute Gasteiger partial charge is 0.454 e. The number of aryl methyl sites for hydroxylation is 1. The number of H-pyrrole nitrogens is 2. The molecule has 0 bridgehead atoms. The van der Waals surface area contributed by atoms with Crippen LogP contribution in [0.1, 0.15) is 5.69 Å². The molecular formula is C24H16Cl2N4O3. The van der Waals surface area contributed by atoms with Crippen molar-refractivity contribution in [2.24, 2.45) is 0 Å². The van der Waals surface area contributed by atoms with Gasteiger partial charge in [-0.05, 0) is 42.8 Å². The Kier molecular flexibility index (Phi) is 5.28. The summed E-state index contributed by atoms with van der Waals surface area (Å²) in [5, 5.41) is 5.37. The smallest absolute Gasteiger partial charge is 0.349 e. The molecule has 164 valence electrons. The molecule has 3 aromatic carbocycles. The summed E-state index contributed by atoms with van der Waals surface area (Å²) in [6, 6.07) is 18.7. The van der Waals surface area contributed by atoms with Crippen LogP contribution in [0.3, 0.4) is 0 Å². The van der Waals surface area contributed by atoms with Crippen molar-refractivity contribution in [1.82, 2.24) is 19.7 Å². The maximum absolute atomic E-state index is 12.2. The fourth-order valence-electron chi connectivity index (χ4n) is 3.56. The summed E-state index contributed by atoms with van der Waals surface area (Å²) in [5.74, 6) is 0.790. The number of aromatic nitrogens is 4. The van der Waals surface area contributed by atoms with E-state index in [0.717, 1.165) is 26.7 Å². The summed E-state index contributed by atoms with van der Waals surface area (Å²) in [4.78, 5) is 29.2. The Balaban J connectivity index is 1.53. The van der Waals surface area contributed by atoms with Gasteiger partial charge in [0.15, 0.2) is 5.75 Å². The number of halogens is 2. The molecule has 0 radical (unpaired) electrons. The van der Waals surface area contributed by atoms with Crippen LogP contribution in [0.15, 0.2) is 76.4 Å². The summed E-state index contributed by atoms with van der Waals surface area (Å²) in [7, 11) is 0. The minimum Gasteiger partial charge on any atom is -0.454 e. The van der Waals surface area contributed by atoms with E-state index in [0.29, 0.717) is 11.4 Å². The minimum absolute atomic E-state index is 0.135. The minimum atomic E-state index is -0.697. The summed E-state index contributed by atoms with van der Waals surface area (Å²) < 4.78 is 7.05. The number of rotatable bonds is 4. The quantitative estimate of drug-likeness (QED) is 0.357. The highest BCUT2D eigenvalue weighted by Gasteiger charge is 2.15. The molecule has 0 saturated heterocycles. The van der Waals surface area contributed by atoms with Gasteiger partial charge in [0.1, 0.15) is 11.4 Å². The fourth-order valence-corrected chi connectivity index (χ4v) is 4.11. The Morgan fingerprint density at radius 2 is 1.70 bits per heavy atom. The highest BCUT2D eigenvalue weighted by Crippen LogP contribution is 2.39. The van der Waals surface area contributed by atoms with Crippen LogP contribution in [0.2, 0.25) is 10.0 Å². The van der Waals surface area contributed by atoms with Gasteiger partial charge in [0.25, 0.3) is 5.56 Å². The van der Waals surface area contributed by atoms with Crippen LogP contribution in [-0.2, 0) is 0 Å². The highest BCUT2D eigenvalue weighted by atomic mass is 35.5. The first-order valence-corrected chi connectivity index (χ1v) is 10.7. The summed E-state index contributed by atoms with van der Waals surface area (Å²) in [6.45, 7) is 1.50. The molecule has 0 aliphatic carbocycles. The van der Waals surface area contributed by atoms with Crippen molar-refractivity contribution in [1.29, 1.82) is 0 Å². The van der Waals surface area contributed by atoms with Gasteiger partial charge < -0.3 is 9.72 Å². The predicted octanol–water partition coefficient (Wildman–Crippen LogP) is 5.48. The van der Waals surface area contributed by atoms with Gasteiger partial charge in [0.2, 0.25) is 0 Å². The third-order valence-corrected chi connectivity index (χ3v) is 5.74. The molecule has 0 atom stereocenters. The molecular weight excluding hydrogens is 463 g/mol. The number of nitrogens with zero attached hydrogens (tertiary/aromatic N) is 2. The standard InChI is InChI=1S/C24H16Cl2N4O3/c1-13-23(31)28-24(32)30(29-13)15-9-19(25)22(20(26)10-15)33-16-7-8-21-17(11-16)18(12-27-21)14-5-3-2-4-6-14/h2-12,27H,1H3,(H,28,31,32). The number of ether oxygens (including phenoxy) is 1. The number of nitrogens with one attached hydrogen (secondary N) is 2. The van der Waals surface area contributed by atoms with Gasteiger partial charge in [0.05, 0.1) is 15.7 Å². The number of benzene rings is 3. The lowest BCUT2D eigenvalue weighted by molar-refractivity contribution is 0.483. The van der Waals surface area contributed by atoms with E-state index in [-0.39, 0.29) is 21.5 Å². The van der Waals surface area contributed by atoms with Gasteiger partial charge in [0, 0.05) is 22.7 Å². The molecule has 9 heteroatoms. The van der Waals surface area contributed by atoms with Gasteiger partial charge in [-0.2, -0.15) is 9.78 Å². The first-order valence-electron chi connectivity index (χ1n) is 9.95. The van der Waals surface area contributed by atoms with Crippen molar-refractivity contribution >= 4 is 34.1 Å². The van der Waals surface area contributed by atoms with E-state index in [1.165, 1.54) is 19.1 Å². The van der Waals surface area contributed by atoms with Crippen LogP contribution in [0.4, 0.5) is 0 Å². The molecule has 0 unspecified atom stereocenters. The Hall–Kier alpha value is -3.81. The summed E-state index contributed by atoms with van der Waals surface area (Å²) >= 11 is 12.9. The van der Waals surface area contributed by atoms with E-state index in [2.05, 4.69) is 15.1 Å². The number of hydrogen-bond donors (Lipinski definition) is 2. The topological polar surface area (TPSA) is 92.8 Å². The summed E-state index contributed by atoms with van der Waals surface area (Å²) in [6.07, 6.45) is 1.95. The first-order chi connectivity index (χ1) is 15.9. The molecule has 5 aromatic rings. The zero-order valence-corrected chi connectivity index (χ0v) is 18.7. The second-order valence-electron chi connectivity index (χ2n) is 7.37. The lowest BCUT2D eigenvalue weighted by Crippen LogP contribution is -2.32.